The molecule has 0 unspecified atom stereocenters. The molecule has 0 saturated heterocycles. The van der Waals surface area contributed by atoms with Gasteiger partial charge in [-0.1, -0.05) is 30.3 Å². The minimum Gasteiger partial charge on any atom is -0.452 e. The quantitative estimate of drug-likeness (QED) is 0.765. The van der Waals surface area contributed by atoms with Crippen molar-refractivity contribution >= 4 is 17.9 Å². The molecule has 142 valence electrons. The lowest BCUT2D eigenvalue weighted by Crippen LogP contribution is -2.42. The van der Waals surface area contributed by atoms with E-state index < -0.39 is 24.5 Å². The van der Waals surface area contributed by atoms with Crippen molar-refractivity contribution < 1.29 is 19.1 Å². The predicted molar refractivity (Wildman–Crippen MR) is 99.4 cm³/mol. The second kappa shape index (κ2) is 8.07. The zero-order valence-electron chi connectivity index (χ0n) is 15.5. The summed E-state index contributed by atoms with van der Waals surface area (Å²) in [5, 5.41) is 4.78. The Labute approximate surface area is 157 Å². The van der Waals surface area contributed by atoms with Crippen LogP contribution in [0, 0.1) is 13.8 Å². The Bertz CT molecular complexity index is 854. The molecule has 27 heavy (non-hydrogen) atoms. The van der Waals surface area contributed by atoms with E-state index in [-0.39, 0.29) is 6.04 Å². The molecule has 7 nitrogen and oxygen atoms in total. The van der Waals surface area contributed by atoms with Gasteiger partial charge in [0.1, 0.15) is 0 Å². The third kappa shape index (κ3) is 4.97. The third-order valence-corrected chi connectivity index (χ3v) is 4.48. The number of aryl methyl sites for hydroxylation is 1. The van der Waals surface area contributed by atoms with Crippen LogP contribution in [-0.2, 0) is 16.1 Å². The zero-order valence-corrected chi connectivity index (χ0v) is 15.5. The molecule has 3 amide bonds. The number of nitrogens with zero attached hydrogens (tertiary/aromatic N) is 1. The Morgan fingerprint density at radius 3 is 2.52 bits per heavy atom. The molecule has 0 aliphatic heterocycles. The minimum atomic E-state index is -0.653. The summed E-state index contributed by atoms with van der Waals surface area (Å²) in [6, 6.07) is 11.3. The summed E-state index contributed by atoms with van der Waals surface area (Å²) in [7, 11) is 0. The van der Waals surface area contributed by atoms with Crippen molar-refractivity contribution in [3.05, 3.63) is 58.9 Å². The molecule has 1 aromatic carbocycles. The molecule has 0 bridgehead atoms. The summed E-state index contributed by atoms with van der Waals surface area (Å²) in [5.74, 6) is -1.24. The highest BCUT2D eigenvalue weighted by Gasteiger charge is 2.24. The zero-order chi connectivity index (χ0) is 19.4. The lowest BCUT2D eigenvalue weighted by Gasteiger charge is -2.10. The number of ether oxygens (including phenoxy) is 1. The first-order valence-corrected chi connectivity index (χ1v) is 8.92. The SMILES string of the molecule is Cc1cc(C(=O)OCC(=O)NC(=O)NC2CC2)c(C)n1Cc1ccccc1. The van der Waals surface area contributed by atoms with Gasteiger partial charge in [-0.05, 0) is 38.3 Å². The van der Waals surface area contributed by atoms with Crippen LogP contribution in [0.3, 0.4) is 0 Å². The summed E-state index contributed by atoms with van der Waals surface area (Å²) < 4.78 is 7.09. The van der Waals surface area contributed by atoms with Crippen molar-refractivity contribution in [2.24, 2.45) is 0 Å². The molecule has 1 heterocycles. The highest BCUT2D eigenvalue weighted by atomic mass is 16.5. The number of carbonyl (C=O) groups is 3. The summed E-state index contributed by atoms with van der Waals surface area (Å²) in [6.07, 6.45) is 1.85. The average Bonchev–Trinajstić information content (AvgIpc) is 3.41. The maximum atomic E-state index is 12.3. The first kappa shape index (κ1) is 18.7. The summed E-state index contributed by atoms with van der Waals surface area (Å²) in [4.78, 5) is 35.6. The predicted octanol–water partition coefficient (Wildman–Crippen LogP) is 2.30. The Hall–Kier alpha value is -3.09. The second-order valence-corrected chi connectivity index (χ2v) is 6.73. The van der Waals surface area contributed by atoms with Gasteiger partial charge in [0.15, 0.2) is 6.61 Å². The molecular weight excluding hydrogens is 346 g/mol. The monoisotopic (exact) mass is 369 g/mol. The van der Waals surface area contributed by atoms with Gasteiger partial charge in [-0.15, -0.1) is 0 Å². The topological polar surface area (TPSA) is 89.4 Å². The Kier molecular flexibility index (Phi) is 5.59. The maximum absolute atomic E-state index is 12.3. The van der Waals surface area contributed by atoms with Crippen molar-refractivity contribution in [3.63, 3.8) is 0 Å². The summed E-state index contributed by atoms with van der Waals surface area (Å²) in [5.41, 5.74) is 3.24. The average molecular weight is 369 g/mol. The number of benzene rings is 1. The van der Waals surface area contributed by atoms with E-state index in [2.05, 4.69) is 10.6 Å². The van der Waals surface area contributed by atoms with Crippen molar-refractivity contribution in [2.45, 2.75) is 39.3 Å². The number of hydrogen-bond acceptors (Lipinski definition) is 4. The molecule has 0 spiro atoms. The number of aromatic nitrogens is 1. The van der Waals surface area contributed by atoms with Gasteiger partial charge in [0.2, 0.25) is 0 Å². The van der Waals surface area contributed by atoms with Crippen molar-refractivity contribution in [1.82, 2.24) is 15.2 Å². The van der Waals surface area contributed by atoms with E-state index in [0.29, 0.717) is 12.1 Å². The molecule has 1 aliphatic carbocycles. The number of rotatable bonds is 6. The number of imide groups is 1. The van der Waals surface area contributed by atoms with Gasteiger partial charge in [-0.2, -0.15) is 0 Å². The van der Waals surface area contributed by atoms with Crippen LogP contribution in [0.2, 0.25) is 0 Å². The number of urea groups is 1. The van der Waals surface area contributed by atoms with Crippen LogP contribution in [0.1, 0.15) is 40.2 Å². The number of nitrogens with one attached hydrogen (secondary N) is 2. The summed E-state index contributed by atoms with van der Waals surface area (Å²) in [6.45, 7) is 3.91. The number of amides is 3. The molecule has 0 radical (unpaired) electrons. The van der Waals surface area contributed by atoms with Crippen LogP contribution in [0.25, 0.3) is 0 Å². The van der Waals surface area contributed by atoms with Crippen LogP contribution in [0.5, 0.6) is 0 Å². The van der Waals surface area contributed by atoms with Gasteiger partial charge in [0.25, 0.3) is 5.91 Å². The van der Waals surface area contributed by atoms with Gasteiger partial charge in [-0.3, -0.25) is 10.1 Å². The van der Waals surface area contributed by atoms with Crippen molar-refractivity contribution in [3.8, 4) is 0 Å². The van der Waals surface area contributed by atoms with Gasteiger partial charge in [0, 0.05) is 24.0 Å². The van der Waals surface area contributed by atoms with E-state index in [4.69, 9.17) is 4.74 Å². The standard InChI is InChI=1S/C20H23N3O4/c1-13-10-17(14(2)23(13)11-15-6-4-3-5-7-15)19(25)27-12-18(24)22-20(26)21-16-8-9-16/h3-7,10,16H,8-9,11-12H2,1-2H3,(H2,21,22,24,26). The summed E-state index contributed by atoms with van der Waals surface area (Å²) >= 11 is 0. The number of hydrogen-bond donors (Lipinski definition) is 2. The van der Waals surface area contributed by atoms with Crippen LogP contribution < -0.4 is 10.6 Å². The van der Waals surface area contributed by atoms with E-state index in [9.17, 15) is 14.4 Å². The van der Waals surface area contributed by atoms with E-state index in [1.165, 1.54) is 0 Å². The van der Waals surface area contributed by atoms with Gasteiger partial charge < -0.3 is 14.6 Å². The van der Waals surface area contributed by atoms with Gasteiger partial charge in [-0.25, -0.2) is 9.59 Å². The molecule has 1 aromatic heterocycles. The fourth-order valence-corrected chi connectivity index (χ4v) is 2.84. The Morgan fingerprint density at radius 2 is 1.85 bits per heavy atom. The normalized spacial score (nSPS) is 13.1. The Balaban J connectivity index is 1.57. The smallest absolute Gasteiger partial charge is 0.340 e. The van der Waals surface area contributed by atoms with E-state index in [1.54, 1.807) is 6.07 Å². The van der Waals surface area contributed by atoms with Crippen LogP contribution >= 0.6 is 0 Å². The van der Waals surface area contributed by atoms with Crippen LogP contribution in [0.4, 0.5) is 4.79 Å². The third-order valence-electron chi connectivity index (χ3n) is 4.48. The second-order valence-electron chi connectivity index (χ2n) is 6.73. The first-order valence-electron chi connectivity index (χ1n) is 8.92. The van der Waals surface area contributed by atoms with E-state index in [1.807, 2.05) is 48.7 Å². The minimum absolute atomic E-state index is 0.148. The molecule has 2 aromatic rings. The van der Waals surface area contributed by atoms with Crippen molar-refractivity contribution in [1.29, 1.82) is 0 Å². The highest BCUT2D eigenvalue weighted by Crippen LogP contribution is 2.19. The van der Waals surface area contributed by atoms with E-state index >= 15 is 0 Å². The molecular formula is C20H23N3O4. The van der Waals surface area contributed by atoms with Crippen molar-refractivity contribution in [2.75, 3.05) is 6.61 Å². The van der Waals surface area contributed by atoms with Gasteiger partial charge in [0.05, 0.1) is 5.56 Å². The van der Waals surface area contributed by atoms with Crippen LogP contribution in [0.15, 0.2) is 36.4 Å². The largest absolute Gasteiger partial charge is 0.452 e. The number of carbonyl (C=O) groups excluding carboxylic acids is 3. The fraction of sp³-hybridized carbons (Fsp3) is 0.350. The molecule has 1 saturated carbocycles. The highest BCUT2D eigenvalue weighted by molar-refractivity contribution is 5.97. The molecule has 0 atom stereocenters. The lowest BCUT2D eigenvalue weighted by molar-refractivity contribution is -0.123. The van der Waals surface area contributed by atoms with Gasteiger partial charge >= 0.3 is 12.0 Å². The Morgan fingerprint density at radius 1 is 1.15 bits per heavy atom. The molecule has 1 fully saturated rings. The molecule has 2 N–H and O–H groups in total. The van der Waals surface area contributed by atoms with E-state index in [0.717, 1.165) is 29.8 Å². The molecule has 1 aliphatic rings. The molecule has 3 rings (SSSR count). The lowest BCUT2D eigenvalue weighted by atomic mass is 10.2. The van der Waals surface area contributed by atoms with Crippen LogP contribution in [-0.4, -0.2) is 35.1 Å². The fourth-order valence-electron chi connectivity index (χ4n) is 2.84. The maximum Gasteiger partial charge on any atom is 0.340 e. The first-order chi connectivity index (χ1) is 12.9. The number of esters is 1. The molecule has 7 heteroatoms.